The molecule has 0 saturated carbocycles. The lowest BCUT2D eigenvalue weighted by molar-refractivity contribution is -0.379. The molecule has 3 aliphatic rings. The number of ether oxygens (including phenoxy) is 6. The number of unbranched alkanes of at least 4 members (excludes halogenated alkanes) is 61. The van der Waals surface area contributed by atoms with Gasteiger partial charge in [-0.1, -0.05) is 417 Å². The monoisotopic (exact) mass is 1620 g/mol. The van der Waals surface area contributed by atoms with Crippen LogP contribution in [0.4, 0.5) is 0 Å². The van der Waals surface area contributed by atoms with Crippen molar-refractivity contribution in [2.24, 2.45) is 0 Å². The van der Waals surface area contributed by atoms with Gasteiger partial charge in [0.15, 0.2) is 18.9 Å². The maximum atomic E-state index is 13.6. The first-order valence-corrected chi connectivity index (χ1v) is 48.6. The van der Waals surface area contributed by atoms with Crippen LogP contribution in [0.1, 0.15) is 444 Å². The lowest BCUT2D eigenvalue weighted by Gasteiger charge is -2.48. The fourth-order valence-corrected chi connectivity index (χ4v) is 16.8. The smallest absolute Gasteiger partial charge is 0.220 e. The van der Waals surface area contributed by atoms with E-state index in [2.05, 4.69) is 43.5 Å². The molecule has 0 spiro atoms. The van der Waals surface area contributed by atoms with E-state index in [-0.39, 0.29) is 18.9 Å². The van der Waals surface area contributed by atoms with E-state index in [0.717, 1.165) is 51.4 Å². The van der Waals surface area contributed by atoms with E-state index < -0.39 is 124 Å². The fourth-order valence-electron chi connectivity index (χ4n) is 16.8. The lowest BCUT2D eigenvalue weighted by Crippen LogP contribution is -2.66. The van der Waals surface area contributed by atoms with Crippen LogP contribution in [0.5, 0.6) is 0 Å². The topological polar surface area (TPSA) is 307 Å². The summed E-state index contributed by atoms with van der Waals surface area (Å²) in [4.78, 5) is 13.6. The molecule has 0 aliphatic carbocycles. The predicted octanol–water partition coefficient (Wildman–Crippen LogP) is 19.6. The molecule has 17 unspecified atom stereocenters. The second kappa shape index (κ2) is 75.0. The Kier molecular flexibility index (Phi) is 70.1. The Balaban J connectivity index is 1.29. The van der Waals surface area contributed by atoms with Gasteiger partial charge in [-0.3, -0.25) is 4.79 Å². The van der Waals surface area contributed by atoms with Crippen molar-refractivity contribution < 1.29 is 89.4 Å². The van der Waals surface area contributed by atoms with Crippen molar-refractivity contribution in [2.75, 3.05) is 26.4 Å². The number of aliphatic hydroxyl groups excluding tert-OH is 11. The lowest BCUT2D eigenvalue weighted by atomic mass is 9.96. The molecule has 3 heterocycles. The van der Waals surface area contributed by atoms with Gasteiger partial charge in [-0.2, -0.15) is 0 Å². The molecule has 3 saturated heterocycles. The zero-order valence-electron chi connectivity index (χ0n) is 73.1. The minimum Gasteiger partial charge on any atom is -0.394 e. The molecular weight excluding hydrogens is 1440 g/mol. The molecule has 1 amide bonds. The van der Waals surface area contributed by atoms with E-state index >= 15 is 0 Å². The van der Waals surface area contributed by atoms with E-state index in [1.54, 1.807) is 0 Å². The second-order valence-corrected chi connectivity index (χ2v) is 34.9. The van der Waals surface area contributed by atoms with Gasteiger partial charge < -0.3 is 89.9 Å². The SMILES string of the molecule is CCCCCCC/C=C\C/C=C\CCCCCCCCCCCCCCCCCCCCCCCCCCCC(=O)NC(COC1OC(CO)C(OC2OC(CO)C(OC3OC(CO)C(O)C(O)C3O)C(O)C2O)C(O)C1O)C(O)CCCCCCCCCCCCCCCCCCCCCCCCCCCCCCCCCC. The number of rotatable bonds is 81. The van der Waals surface area contributed by atoms with Crippen LogP contribution >= 0.6 is 0 Å². The van der Waals surface area contributed by atoms with Crippen LogP contribution in [0.15, 0.2) is 24.3 Å². The van der Waals surface area contributed by atoms with Gasteiger partial charge in [-0.15, -0.1) is 0 Å². The van der Waals surface area contributed by atoms with E-state index in [4.69, 9.17) is 28.4 Å². The number of carbonyl (C=O) groups excluding carboxylic acids is 1. The Hall–Kier alpha value is -1.73. The highest BCUT2D eigenvalue weighted by Gasteiger charge is 2.54. The number of allylic oxidation sites excluding steroid dienone is 4. The molecule has 3 aliphatic heterocycles. The van der Waals surface area contributed by atoms with Crippen LogP contribution in [0.3, 0.4) is 0 Å². The molecule has 12 N–H and O–H groups in total. The van der Waals surface area contributed by atoms with E-state index in [9.17, 15) is 61.0 Å². The van der Waals surface area contributed by atoms with E-state index in [1.807, 2.05) is 0 Å². The first kappa shape index (κ1) is 106. The summed E-state index contributed by atoms with van der Waals surface area (Å²) in [7, 11) is 0. The average Bonchev–Trinajstić information content (AvgIpc) is 0.777. The third kappa shape index (κ3) is 52.6. The molecule has 3 rings (SSSR count). The maximum Gasteiger partial charge on any atom is 0.220 e. The largest absolute Gasteiger partial charge is 0.394 e. The van der Waals surface area contributed by atoms with Crippen LogP contribution in [0.25, 0.3) is 0 Å². The zero-order valence-corrected chi connectivity index (χ0v) is 73.1. The van der Waals surface area contributed by atoms with Crippen molar-refractivity contribution in [1.29, 1.82) is 0 Å². The quantitative estimate of drug-likeness (QED) is 0.0199. The normalized spacial score (nSPS) is 24.7. The van der Waals surface area contributed by atoms with Crippen molar-refractivity contribution in [3.8, 4) is 0 Å². The minimum atomic E-state index is -1.97. The third-order valence-electron chi connectivity index (χ3n) is 24.5. The summed E-state index contributed by atoms with van der Waals surface area (Å²) in [6, 6.07) is -0.887. The van der Waals surface area contributed by atoms with Crippen LogP contribution in [-0.2, 0) is 33.2 Å². The molecule has 0 aromatic heterocycles. The average molecular weight is 1630 g/mol. The van der Waals surface area contributed by atoms with Gasteiger partial charge >= 0.3 is 0 Å². The van der Waals surface area contributed by atoms with Gasteiger partial charge in [-0.05, 0) is 44.9 Å². The van der Waals surface area contributed by atoms with Gasteiger partial charge in [-0.25, -0.2) is 0 Å². The standard InChI is InChI=1S/C95H181NO18/c1-3-5-7-9-11-13-15-17-19-21-23-25-27-29-31-33-35-37-38-39-40-41-43-45-47-49-51-53-55-57-59-61-63-65-67-69-71-73-83(101)96-78(79(100)72-70-68-66-64-62-60-58-56-54-52-50-48-46-44-42-36-34-32-30-28-26-24-22-20-18-16-14-12-10-8-6-4-2)77-109-93-89(107)86(104)91(81(75-98)111-93)114-95-90(108)87(105)92(82(76-99)112-95)113-94-88(106)85(103)84(102)80(74-97)110-94/h15,17,21,23,78-82,84-95,97-100,102-108H,3-14,16,18-20,22,24-77H2,1-2H3,(H,96,101)/b17-15-,23-21-. The van der Waals surface area contributed by atoms with Crippen molar-refractivity contribution in [1.82, 2.24) is 5.32 Å². The highest BCUT2D eigenvalue weighted by molar-refractivity contribution is 5.76. The summed E-state index contributed by atoms with van der Waals surface area (Å²) in [5.74, 6) is -0.232. The van der Waals surface area contributed by atoms with Gasteiger partial charge in [0.2, 0.25) is 5.91 Å². The molecule has 19 heteroatoms. The van der Waals surface area contributed by atoms with Gasteiger partial charge in [0.05, 0.1) is 38.6 Å². The Morgan fingerprint density at radius 3 is 0.895 bits per heavy atom. The summed E-state index contributed by atoms with van der Waals surface area (Å²) in [6.45, 7) is 1.88. The maximum absolute atomic E-state index is 13.6. The second-order valence-electron chi connectivity index (χ2n) is 34.9. The first-order valence-electron chi connectivity index (χ1n) is 48.6. The van der Waals surface area contributed by atoms with Crippen molar-refractivity contribution in [3.63, 3.8) is 0 Å². The molecule has 0 aromatic rings. The first-order chi connectivity index (χ1) is 55.8. The molecule has 0 aromatic carbocycles. The number of aliphatic hydroxyl groups is 11. The molecule has 19 nitrogen and oxygen atoms in total. The number of carbonyl (C=O) groups is 1. The van der Waals surface area contributed by atoms with Gasteiger partial charge in [0.25, 0.3) is 0 Å². The molecule has 17 atom stereocenters. The molecular formula is C95H181NO18. The Morgan fingerprint density at radius 2 is 0.579 bits per heavy atom. The van der Waals surface area contributed by atoms with Crippen molar-refractivity contribution >= 4 is 5.91 Å². The Bertz CT molecular complexity index is 2140. The third-order valence-corrected chi connectivity index (χ3v) is 24.5. The number of nitrogens with one attached hydrogen (secondary N) is 1. The molecule has 3 fully saturated rings. The summed E-state index contributed by atoms with van der Waals surface area (Å²) < 4.78 is 34.7. The van der Waals surface area contributed by atoms with Crippen molar-refractivity contribution in [2.45, 2.75) is 548 Å². The number of hydrogen-bond donors (Lipinski definition) is 12. The summed E-state index contributed by atoms with van der Waals surface area (Å²) in [5, 5.41) is 122. The molecule has 114 heavy (non-hydrogen) atoms. The number of amides is 1. The minimum absolute atomic E-state index is 0.232. The van der Waals surface area contributed by atoms with E-state index in [0.29, 0.717) is 12.8 Å². The summed E-state index contributed by atoms with van der Waals surface area (Å²) >= 11 is 0. The Labute approximate surface area is 696 Å². The van der Waals surface area contributed by atoms with Crippen LogP contribution < -0.4 is 5.32 Å². The van der Waals surface area contributed by atoms with Crippen LogP contribution in [0, 0.1) is 0 Å². The van der Waals surface area contributed by atoms with Gasteiger partial charge in [0, 0.05) is 6.42 Å². The highest BCUT2D eigenvalue weighted by Crippen LogP contribution is 2.34. The summed E-state index contributed by atoms with van der Waals surface area (Å²) in [5.41, 5.74) is 0. The van der Waals surface area contributed by atoms with Crippen LogP contribution in [-0.4, -0.2) is 193 Å². The Morgan fingerprint density at radius 1 is 0.316 bits per heavy atom. The van der Waals surface area contributed by atoms with Crippen LogP contribution in [0.2, 0.25) is 0 Å². The van der Waals surface area contributed by atoms with E-state index in [1.165, 1.54) is 360 Å². The van der Waals surface area contributed by atoms with Crippen molar-refractivity contribution in [3.05, 3.63) is 24.3 Å². The number of hydrogen-bond acceptors (Lipinski definition) is 18. The molecule has 0 bridgehead atoms. The fraction of sp³-hybridized carbons (Fsp3) is 0.947. The molecule has 0 radical (unpaired) electrons. The predicted molar refractivity (Wildman–Crippen MR) is 462 cm³/mol. The molecule has 674 valence electrons. The zero-order chi connectivity index (χ0) is 82.4. The summed E-state index contributed by atoms with van der Waals surface area (Å²) in [6.07, 6.45) is 68.8. The van der Waals surface area contributed by atoms with Gasteiger partial charge in [0.1, 0.15) is 73.2 Å². The highest BCUT2D eigenvalue weighted by atomic mass is 16.8.